The number of unbranched alkanes of at least 4 members (excludes halogenated alkanes) is 2. The summed E-state index contributed by atoms with van der Waals surface area (Å²) in [7, 11) is 4.28. The van der Waals surface area contributed by atoms with Crippen molar-refractivity contribution in [2.45, 2.75) is 65.0 Å². The van der Waals surface area contributed by atoms with Crippen molar-refractivity contribution in [3.8, 4) is 0 Å². The predicted molar refractivity (Wildman–Crippen MR) is 82.0 cm³/mol. The van der Waals surface area contributed by atoms with E-state index in [0.29, 0.717) is 6.04 Å². The van der Waals surface area contributed by atoms with E-state index in [1.54, 1.807) is 0 Å². The molecule has 2 atom stereocenters. The third-order valence-electron chi connectivity index (χ3n) is 3.95. The van der Waals surface area contributed by atoms with Gasteiger partial charge in [0.1, 0.15) is 0 Å². The molecule has 0 aromatic rings. The van der Waals surface area contributed by atoms with E-state index in [4.69, 9.17) is 5.73 Å². The Kier molecular flexibility index (Phi) is 8.83. The Bertz CT molecular complexity index is 206. The maximum atomic E-state index is 6.08. The molecule has 0 bridgehead atoms. The van der Waals surface area contributed by atoms with Crippen molar-refractivity contribution in [3.05, 3.63) is 0 Å². The normalized spacial score (nSPS) is 17.2. The van der Waals surface area contributed by atoms with E-state index in [1.165, 1.54) is 25.7 Å². The van der Waals surface area contributed by atoms with Gasteiger partial charge < -0.3 is 10.6 Å². The average molecular weight is 257 g/mol. The molecule has 0 saturated carbocycles. The summed E-state index contributed by atoms with van der Waals surface area (Å²) < 4.78 is 0. The molecule has 0 aliphatic carbocycles. The fraction of sp³-hybridized carbons (Fsp3) is 1.00. The van der Waals surface area contributed by atoms with E-state index in [1.807, 2.05) is 0 Å². The fourth-order valence-corrected chi connectivity index (χ4v) is 2.97. The summed E-state index contributed by atoms with van der Waals surface area (Å²) in [4.78, 5) is 4.85. The van der Waals surface area contributed by atoms with E-state index in [0.717, 1.165) is 19.6 Å². The minimum atomic E-state index is 0.152. The van der Waals surface area contributed by atoms with Crippen molar-refractivity contribution < 1.29 is 0 Å². The summed E-state index contributed by atoms with van der Waals surface area (Å²) >= 11 is 0. The van der Waals surface area contributed by atoms with Crippen molar-refractivity contribution in [2.24, 2.45) is 5.73 Å². The molecule has 0 radical (unpaired) electrons. The van der Waals surface area contributed by atoms with Gasteiger partial charge in [0.25, 0.3) is 0 Å². The molecule has 0 aromatic carbocycles. The monoisotopic (exact) mass is 257 g/mol. The number of nitrogens with two attached hydrogens (primary N) is 1. The molecule has 3 nitrogen and oxygen atoms in total. The van der Waals surface area contributed by atoms with E-state index < -0.39 is 0 Å². The van der Waals surface area contributed by atoms with Crippen LogP contribution in [0.3, 0.4) is 0 Å². The van der Waals surface area contributed by atoms with Gasteiger partial charge in [-0.15, -0.1) is 0 Å². The summed E-state index contributed by atoms with van der Waals surface area (Å²) in [5.74, 6) is 0. The molecule has 18 heavy (non-hydrogen) atoms. The first-order chi connectivity index (χ1) is 8.41. The summed E-state index contributed by atoms with van der Waals surface area (Å²) in [6.07, 6.45) is 5.09. The summed E-state index contributed by atoms with van der Waals surface area (Å²) in [5.41, 5.74) is 6.23. The number of likely N-dealkylation sites (N-methyl/N-ethyl adjacent to an activating group) is 2. The standard InChI is InChI=1S/C15H35N3/c1-7-9-10-11-15(4,13-16)18(8-2)14(3)12-17(5)6/h14H,7-13,16H2,1-6H3. The third kappa shape index (κ3) is 5.68. The van der Waals surface area contributed by atoms with E-state index in [2.05, 4.69) is 51.6 Å². The highest BCUT2D eigenvalue weighted by atomic mass is 15.3. The van der Waals surface area contributed by atoms with Crippen molar-refractivity contribution in [3.63, 3.8) is 0 Å². The Morgan fingerprint density at radius 3 is 2.17 bits per heavy atom. The van der Waals surface area contributed by atoms with Crippen LogP contribution < -0.4 is 5.73 Å². The van der Waals surface area contributed by atoms with Gasteiger partial charge in [-0.3, -0.25) is 4.90 Å². The van der Waals surface area contributed by atoms with Crippen LogP contribution in [0.4, 0.5) is 0 Å². The average Bonchev–Trinajstić information content (AvgIpc) is 2.29. The zero-order valence-electron chi connectivity index (χ0n) is 13.5. The Balaban J connectivity index is 4.61. The second kappa shape index (κ2) is 8.89. The van der Waals surface area contributed by atoms with Crippen molar-refractivity contribution in [1.82, 2.24) is 9.80 Å². The third-order valence-corrected chi connectivity index (χ3v) is 3.95. The summed E-state index contributed by atoms with van der Waals surface area (Å²) in [5, 5.41) is 0. The summed E-state index contributed by atoms with van der Waals surface area (Å²) in [6, 6.07) is 0.556. The van der Waals surface area contributed by atoms with Crippen LogP contribution in [0.5, 0.6) is 0 Å². The Morgan fingerprint density at radius 2 is 1.78 bits per heavy atom. The van der Waals surface area contributed by atoms with Crippen LogP contribution in [0.1, 0.15) is 53.4 Å². The minimum Gasteiger partial charge on any atom is -0.329 e. The molecule has 0 spiro atoms. The predicted octanol–water partition coefficient (Wildman–Crippen LogP) is 2.56. The molecule has 0 saturated heterocycles. The lowest BCUT2D eigenvalue weighted by atomic mass is 9.90. The highest BCUT2D eigenvalue weighted by molar-refractivity contribution is 4.90. The Hall–Kier alpha value is -0.120. The molecule has 0 fully saturated rings. The molecule has 0 rings (SSSR count). The maximum Gasteiger partial charge on any atom is 0.0306 e. The highest BCUT2D eigenvalue weighted by Crippen LogP contribution is 2.24. The van der Waals surface area contributed by atoms with Gasteiger partial charge in [-0.05, 0) is 40.9 Å². The zero-order valence-corrected chi connectivity index (χ0v) is 13.5. The molecule has 0 aromatic heterocycles. The van der Waals surface area contributed by atoms with Crippen LogP contribution in [0, 0.1) is 0 Å². The topological polar surface area (TPSA) is 32.5 Å². The van der Waals surface area contributed by atoms with Gasteiger partial charge in [0.15, 0.2) is 0 Å². The van der Waals surface area contributed by atoms with Gasteiger partial charge in [0.2, 0.25) is 0 Å². The molecule has 2 unspecified atom stereocenters. The van der Waals surface area contributed by atoms with Gasteiger partial charge in [-0.2, -0.15) is 0 Å². The van der Waals surface area contributed by atoms with Crippen LogP contribution in [-0.4, -0.2) is 55.1 Å². The molecule has 0 amide bonds. The zero-order chi connectivity index (χ0) is 14.2. The molecular formula is C15H35N3. The van der Waals surface area contributed by atoms with Crippen LogP contribution in [0.15, 0.2) is 0 Å². The highest BCUT2D eigenvalue weighted by Gasteiger charge is 2.32. The first-order valence-electron chi connectivity index (χ1n) is 7.52. The quantitative estimate of drug-likeness (QED) is 0.611. The number of hydrogen-bond acceptors (Lipinski definition) is 3. The lowest BCUT2D eigenvalue weighted by Gasteiger charge is -2.45. The SMILES string of the molecule is CCCCCC(C)(CN)N(CC)C(C)CN(C)C. The van der Waals surface area contributed by atoms with E-state index >= 15 is 0 Å². The van der Waals surface area contributed by atoms with Crippen LogP contribution in [-0.2, 0) is 0 Å². The Morgan fingerprint density at radius 1 is 1.17 bits per heavy atom. The number of hydrogen-bond donors (Lipinski definition) is 1. The minimum absolute atomic E-state index is 0.152. The van der Waals surface area contributed by atoms with Gasteiger partial charge in [-0.25, -0.2) is 0 Å². The first kappa shape index (κ1) is 17.9. The largest absolute Gasteiger partial charge is 0.329 e. The van der Waals surface area contributed by atoms with Gasteiger partial charge in [0.05, 0.1) is 0 Å². The lowest BCUT2D eigenvalue weighted by Crippen LogP contribution is -2.57. The van der Waals surface area contributed by atoms with Crippen molar-refractivity contribution >= 4 is 0 Å². The summed E-state index contributed by atoms with van der Waals surface area (Å²) in [6.45, 7) is 12.1. The molecular weight excluding hydrogens is 222 g/mol. The first-order valence-corrected chi connectivity index (χ1v) is 7.52. The maximum absolute atomic E-state index is 6.08. The molecule has 110 valence electrons. The lowest BCUT2D eigenvalue weighted by molar-refractivity contribution is 0.0529. The number of rotatable bonds is 10. The van der Waals surface area contributed by atoms with Crippen LogP contribution in [0.25, 0.3) is 0 Å². The van der Waals surface area contributed by atoms with Gasteiger partial charge >= 0.3 is 0 Å². The van der Waals surface area contributed by atoms with Crippen molar-refractivity contribution in [2.75, 3.05) is 33.7 Å². The van der Waals surface area contributed by atoms with Gasteiger partial charge in [0, 0.05) is 24.7 Å². The Labute approximate surface area is 115 Å². The van der Waals surface area contributed by atoms with E-state index in [9.17, 15) is 0 Å². The molecule has 0 heterocycles. The van der Waals surface area contributed by atoms with Crippen molar-refractivity contribution in [1.29, 1.82) is 0 Å². The second-order valence-corrected chi connectivity index (χ2v) is 6.06. The molecule has 2 N–H and O–H groups in total. The van der Waals surface area contributed by atoms with E-state index in [-0.39, 0.29) is 5.54 Å². The molecule has 0 aliphatic heterocycles. The van der Waals surface area contributed by atoms with Crippen LogP contribution >= 0.6 is 0 Å². The molecule has 3 heteroatoms. The van der Waals surface area contributed by atoms with Gasteiger partial charge in [-0.1, -0.05) is 33.1 Å². The fourth-order valence-electron chi connectivity index (χ4n) is 2.97. The molecule has 0 aliphatic rings. The smallest absolute Gasteiger partial charge is 0.0306 e. The van der Waals surface area contributed by atoms with Crippen LogP contribution in [0.2, 0.25) is 0 Å². The number of nitrogens with zero attached hydrogens (tertiary/aromatic N) is 2. The second-order valence-electron chi connectivity index (χ2n) is 6.06.